The zero-order valence-corrected chi connectivity index (χ0v) is 22.7. The zero-order valence-electron chi connectivity index (χ0n) is 20.4. The smallest absolute Gasteiger partial charge is 0.407 e. The van der Waals surface area contributed by atoms with E-state index in [0.29, 0.717) is 35.0 Å². The van der Waals surface area contributed by atoms with Crippen molar-refractivity contribution >= 4 is 45.0 Å². The Morgan fingerprint density at radius 1 is 1.16 bits per heavy atom. The van der Waals surface area contributed by atoms with Crippen molar-refractivity contribution < 1.29 is 23.1 Å². The molecule has 200 valence electrons. The van der Waals surface area contributed by atoms with Crippen LogP contribution in [0.2, 0.25) is 10.0 Å². The number of hydrogen-bond acceptors (Lipinski definition) is 6. The number of hydrogen-bond donors (Lipinski definition) is 2. The summed E-state index contributed by atoms with van der Waals surface area (Å²) < 4.78 is 35.8. The predicted molar refractivity (Wildman–Crippen MR) is 143 cm³/mol. The molecule has 3 rings (SSSR count). The summed E-state index contributed by atoms with van der Waals surface area (Å²) in [6.07, 6.45) is 6.27. The fourth-order valence-electron chi connectivity index (χ4n) is 3.78. The number of nitrogens with zero attached hydrogens (tertiary/aromatic N) is 3. The summed E-state index contributed by atoms with van der Waals surface area (Å²) in [7, 11) is -4.03. The molecule has 37 heavy (non-hydrogen) atoms. The van der Waals surface area contributed by atoms with Crippen molar-refractivity contribution in [2.24, 2.45) is 0 Å². The van der Waals surface area contributed by atoms with E-state index in [-0.39, 0.29) is 23.8 Å². The molecule has 0 bridgehead atoms. The lowest BCUT2D eigenvalue weighted by Crippen LogP contribution is -2.39. The van der Waals surface area contributed by atoms with E-state index < -0.39 is 22.2 Å². The van der Waals surface area contributed by atoms with Crippen LogP contribution in [0.3, 0.4) is 0 Å². The molecule has 0 radical (unpaired) electrons. The maximum absolute atomic E-state index is 13.7. The molecule has 0 spiro atoms. The lowest BCUT2D eigenvalue weighted by molar-refractivity contribution is 0.143. The summed E-state index contributed by atoms with van der Waals surface area (Å²) in [5, 5.41) is 13.3. The Morgan fingerprint density at radius 2 is 1.89 bits per heavy atom. The predicted octanol–water partition coefficient (Wildman–Crippen LogP) is 4.86. The molecule has 0 aliphatic heterocycles. The number of carbonyl (C=O) groups excluding carboxylic acids is 1. The second kappa shape index (κ2) is 13.7. The number of imidazole rings is 1. The first-order valence-corrected chi connectivity index (χ1v) is 14.0. The van der Waals surface area contributed by atoms with E-state index in [4.69, 9.17) is 27.9 Å². The fourth-order valence-corrected chi connectivity index (χ4v) is 5.79. The molecule has 0 unspecified atom stereocenters. The van der Waals surface area contributed by atoms with Gasteiger partial charge in [0.15, 0.2) is 0 Å². The summed E-state index contributed by atoms with van der Waals surface area (Å²) in [6, 6.07) is 10.0. The number of benzene rings is 2. The van der Waals surface area contributed by atoms with Crippen molar-refractivity contribution in [2.75, 3.05) is 17.5 Å². The third-order valence-electron chi connectivity index (χ3n) is 5.65. The molecule has 0 aliphatic carbocycles. The van der Waals surface area contributed by atoms with Gasteiger partial charge in [-0.1, -0.05) is 29.3 Å². The topological polar surface area (TPSA) is 114 Å². The highest BCUT2D eigenvalue weighted by atomic mass is 35.5. The van der Waals surface area contributed by atoms with Crippen molar-refractivity contribution in [2.45, 2.75) is 50.3 Å². The third kappa shape index (κ3) is 8.10. The van der Waals surface area contributed by atoms with Crippen LogP contribution < -0.4 is 9.62 Å². The van der Waals surface area contributed by atoms with E-state index in [9.17, 15) is 18.3 Å². The lowest BCUT2D eigenvalue weighted by atomic mass is 10.1. The fraction of sp³-hybridized carbons (Fsp3) is 0.360. The Labute approximate surface area is 227 Å². The van der Waals surface area contributed by atoms with Gasteiger partial charge >= 0.3 is 6.09 Å². The highest BCUT2D eigenvalue weighted by Gasteiger charge is 2.31. The van der Waals surface area contributed by atoms with Gasteiger partial charge in [0.25, 0.3) is 10.0 Å². The molecular formula is C25H30Cl2N4O5S. The summed E-state index contributed by atoms with van der Waals surface area (Å²) in [4.78, 5) is 16.0. The molecule has 0 aliphatic rings. The summed E-state index contributed by atoms with van der Waals surface area (Å²) >= 11 is 12.1. The Kier molecular flexibility index (Phi) is 10.6. The summed E-state index contributed by atoms with van der Waals surface area (Å²) in [5.41, 5.74) is 0.703. The van der Waals surface area contributed by atoms with Gasteiger partial charge in [0.1, 0.15) is 0 Å². The maximum Gasteiger partial charge on any atom is 0.407 e. The largest absolute Gasteiger partial charge is 0.450 e. The lowest BCUT2D eigenvalue weighted by Gasteiger charge is -2.32. The number of aliphatic hydroxyl groups is 1. The standard InChI is InChI=1S/C25H30Cl2N4O5S/c1-19(4-2-15-36-25(33)29-11-3-13-30-14-12-28-18-30)31(24-16-22(27)6-5-20(24)17-32)37(34,35)23-9-7-21(26)8-10-23/h5-10,12,14,16,18-19,32H,2-4,11,13,15,17H2,1H3,(H,29,33)/t19-/m1/s1. The molecular weight excluding hydrogens is 539 g/mol. The number of carbonyl (C=O) groups is 1. The van der Waals surface area contributed by atoms with E-state index in [2.05, 4.69) is 10.3 Å². The number of aryl methyl sites for hydroxylation is 1. The van der Waals surface area contributed by atoms with Crippen LogP contribution >= 0.6 is 23.2 Å². The second-order valence-corrected chi connectivity index (χ2v) is 11.1. The molecule has 1 atom stereocenters. The van der Waals surface area contributed by atoms with E-state index in [0.717, 1.165) is 13.0 Å². The van der Waals surface area contributed by atoms with Gasteiger partial charge in [0.2, 0.25) is 0 Å². The van der Waals surface area contributed by atoms with Gasteiger partial charge in [-0.2, -0.15) is 0 Å². The number of amides is 1. The monoisotopic (exact) mass is 568 g/mol. The first kappa shape index (κ1) is 28.8. The summed E-state index contributed by atoms with van der Waals surface area (Å²) in [5.74, 6) is 0. The van der Waals surface area contributed by atoms with Crippen molar-refractivity contribution in [3.8, 4) is 0 Å². The number of aromatic nitrogens is 2. The highest BCUT2D eigenvalue weighted by molar-refractivity contribution is 7.92. The quantitative estimate of drug-likeness (QED) is 0.284. The Hall–Kier alpha value is -2.79. The van der Waals surface area contributed by atoms with E-state index in [1.807, 2.05) is 10.8 Å². The van der Waals surface area contributed by atoms with Gasteiger partial charge in [0.05, 0.1) is 30.1 Å². The summed E-state index contributed by atoms with van der Waals surface area (Å²) in [6.45, 7) is 2.70. The molecule has 1 amide bonds. The van der Waals surface area contributed by atoms with Crippen molar-refractivity contribution in [3.05, 3.63) is 76.8 Å². The van der Waals surface area contributed by atoms with Crippen molar-refractivity contribution in [1.82, 2.24) is 14.9 Å². The Bertz CT molecular complexity index is 1250. The Balaban J connectivity index is 1.63. The number of aliphatic hydroxyl groups excluding tert-OH is 1. The zero-order chi connectivity index (χ0) is 26.8. The normalized spacial score (nSPS) is 12.2. The number of alkyl carbamates (subject to hydrolysis) is 1. The minimum Gasteiger partial charge on any atom is -0.450 e. The van der Waals surface area contributed by atoms with Crippen LogP contribution in [0.4, 0.5) is 10.5 Å². The molecule has 9 nitrogen and oxygen atoms in total. The van der Waals surface area contributed by atoms with Gasteiger partial charge < -0.3 is 19.7 Å². The van der Waals surface area contributed by atoms with Gasteiger partial charge in [-0.25, -0.2) is 18.2 Å². The SMILES string of the molecule is C[C@H](CCCOC(=O)NCCCn1ccnc1)N(c1cc(Cl)ccc1CO)S(=O)(=O)c1ccc(Cl)cc1. The van der Waals surface area contributed by atoms with Crippen molar-refractivity contribution in [1.29, 1.82) is 0 Å². The maximum atomic E-state index is 13.7. The first-order valence-electron chi connectivity index (χ1n) is 11.8. The van der Waals surface area contributed by atoms with E-state index in [1.165, 1.54) is 34.6 Å². The molecule has 12 heteroatoms. The molecule has 1 heterocycles. The van der Waals surface area contributed by atoms with Crippen LogP contribution in [0.5, 0.6) is 0 Å². The van der Waals surface area contributed by atoms with Gasteiger partial charge in [-0.15, -0.1) is 0 Å². The molecule has 2 aromatic carbocycles. The number of anilines is 1. The van der Waals surface area contributed by atoms with E-state index >= 15 is 0 Å². The van der Waals surface area contributed by atoms with Crippen LogP contribution in [0, 0.1) is 0 Å². The minimum absolute atomic E-state index is 0.0546. The number of halogens is 2. The highest BCUT2D eigenvalue weighted by Crippen LogP contribution is 2.33. The number of ether oxygens (including phenoxy) is 1. The third-order valence-corrected chi connectivity index (χ3v) is 8.08. The average molecular weight is 570 g/mol. The molecule has 1 aromatic heterocycles. The second-order valence-electron chi connectivity index (χ2n) is 8.39. The molecule has 2 N–H and O–H groups in total. The van der Waals surface area contributed by atoms with Crippen LogP contribution in [0.15, 0.2) is 66.1 Å². The van der Waals surface area contributed by atoms with Gasteiger partial charge in [-0.3, -0.25) is 4.31 Å². The first-order chi connectivity index (χ1) is 17.7. The molecule has 0 fully saturated rings. The van der Waals surface area contributed by atoms with E-state index in [1.54, 1.807) is 31.6 Å². The van der Waals surface area contributed by atoms with Crippen molar-refractivity contribution in [3.63, 3.8) is 0 Å². The minimum atomic E-state index is -4.03. The Morgan fingerprint density at radius 3 is 2.57 bits per heavy atom. The van der Waals surface area contributed by atoms with Gasteiger partial charge in [-0.05, 0) is 62.6 Å². The van der Waals surface area contributed by atoms with Crippen LogP contribution in [0.1, 0.15) is 31.7 Å². The number of sulfonamides is 1. The van der Waals surface area contributed by atoms with Crippen LogP contribution in [-0.4, -0.2) is 48.4 Å². The molecule has 0 saturated heterocycles. The molecule has 0 saturated carbocycles. The van der Waals surface area contributed by atoms with Crippen LogP contribution in [0.25, 0.3) is 0 Å². The van der Waals surface area contributed by atoms with Gasteiger partial charge in [0, 0.05) is 47.1 Å². The van der Waals surface area contributed by atoms with Crippen LogP contribution in [-0.2, 0) is 27.9 Å². The number of rotatable bonds is 13. The number of nitrogens with one attached hydrogen (secondary N) is 1. The molecule has 3 aromatic rings. The average Bonchev–Trinajstić information content (AvgIpc) is 3.39.